The number of rotatable bonds is 5. The average Bonchev–Trinajstić information content (AvgIpc) is 3.44. The van der Waals surface area contributed by atoms with Gasteiger partial charge in [0.2, 0.25) is 11.9 Å². The van der Waals surface area contributed by atoms with Crippen molar-refractivity contribution in [2.24, 2.45) is 5.92 Å². The fraction of sp³-hybridized carbons (Fsp3) is 0.435. The summed E-state index contributed by atoms with van der Waals surface area (Å²) in [4.78, 5) is 33.0. The Morgan fingerprint density at radius 2 is 2.00 bits per heavy atom. The molecule has 1 aromatic carbocycles. The lowest BCUT2D eigenvalue weighted by molar-refractivity contribution is -0.125. The molecule has 0 spiro atoms. The third-order valence-electron chi connectivity index (χ3n) is 6.01. The number of amides is 1. The Bertz CT molecular complexity index is 1130. The maximum Gasteiger partial charge on any atom is 0.273 e. The number of hydrogen-bond acceptors (Lipinski definition) is 5. The zero-order valence-corrected chi connectivity index (χ0v) is 18.0. The van der Waals surface area contributed by atoms with Crippen LogP contribution in [0.4, 0.5) is 5.95 Å². The molecular weight excluding hydrogens is 396 g/mol. The minimum atomic E-state index is -0.0535. The van der Waals surface area contributed by atoms with Crippen LogP contribution in [0.2, 0.25) is 0 Å². The van der Waals surface area contributed by atoms with E-state index < -0.39 is 0 Å². The molecule has 156 valence electrons. The summed E-state index contributed by atoms with van der Waals surface area (Å²) in [6.07, 6.45) is 3.99. The summed E-state index contributed by atoms with van der Waals surface area (Å²) in [5, 5.41) is 5.06. The summed E-state index contributed by atoms with van der Waals surface area (Å²) < 4.78 is 2.47. The van der Waals surface area contributed by atoms with Crippen molar-refractivity contribution in [2.45, 2.75) is 45.2 Å². The quantitative estimate of drug-likeness (QED) is 0.685. The molecule has 1 N–H and O–H groups in total. The lowest BCUT2D eigenvalue weighted by atomic mass is 9.97. The maximum absolute atomic E-state index is 13.3. The Balaban J connectivity index is 1.49. The van der Waals surface area contributed by atoms with Crippen LogP contribution < -0.4 is 15.8 Å². The summed E-state index contributed by atoms with van der Waals surface area (Å²) in [7, 11) is 0. The number of hydrogen-bond donors (Lipinski definition) is 1. The van der Waals surface area contributed by atoms with Crippen LogP contribution in [0, 0.1) is 12.8 Å². The molecule has 1 aliphatic carbocycles. The molecule has 30 heavy (non-hydrogen) atoms. The van der Waals surface area contributed by atoms with Crippen molar-refractivity contribution in [3.8, 4) is 0 Å². The van der Waals surface area contributed by atoms with E-state index >= 15 is 0 Å². The highest BCUT2D eigenvalue weighted by molar-refractivity contribution is 7.17. The highest BCUT2D eigenvalue weighted by Crippen LogP contribution is 2.26. The van der Waals surface area contributed by atoms with Gasteiger partial charge in [-0.3, -0.25) is 14.2 Å². The van der Waals surface area contributed by atoms with Crippen molar-refractivity contribution in [2.75, 3.05) is 18.0 Å². The van der Waals surface area contributed by atoms with Gasteiger partial charge in [-0.15, -0.1) is 11.3 Å². The van der Waals surface area contributed by atoms with E-state index in [9.17, 15) is 9.59 Å². The van der Waals surface area contributed by atoms with Gasteiger partial charge in [0, 0.05) is 19.1 Å². The highest BCUT2D eigenvalue weighted by atomic mass is 32.1. The lowest BCUT2D eigenvalue weighted by Gasteiger charge is -2.34. The second kappa shape index (κ2) is 7.87. The number of nitrogens with zero attached hydrogens (tertiary/aromatic N) is 3. The van der Waals surface area contributed by atoms with Crippen LogP contribution in [-0.4, -0.2) is 34.6 Å². The molecule has 2 fully saturated rings. The van der Waals surface area contributed by atoms with Gasteiger partial charge in [-0.2, -0.15) is 0 Å². The Kier molecular flexibility index (Phi) is 5.06. The Morgan fingerprint density at radius 3 is 2.77 bits per heavy atom. The monoisotopic (exact) mass is 422 g/mol. The second-order valence-electron chi connectivity index (χ2n) is 8.49. The van der Waals surface area contributed by atoms with Gasteiger partial charge >= 0.3 is 0 Å². The number of nitrogens with one attached hydrogen (secondary N) is 1. The first-order valence-electron chi connectivity index (χ1n) is 10.7. The molecule has 1 amide bonds. The lowest BCUT2D eigenvalue weighted by Crippen LogP contribution is -2.45. The van der Waals surface area contributed by atoms with Crippen molar-refractivity contribution >= 4 is 33.4 Å². The van der Waals surface area contributed by atoms with E-state index in [0.29, 0.717) is 29.8 Å². The normalized spacial score (nSPS) is 19.2. The van der Waals surface area contributed by atoms with Gasteiger partial charge in [-0.25, -0.2) is 4.98 Å². The fourth-order valence-electron chi connectivity index (χ4n) is 4.11. The number of aromatic nitrogens is 2. The van der Waals surface area contributed by atoms with Crippen molar-refractivity contribution in [1.82, 2.24) is 14.9 Å². The van der Waals surface area contributed by atoms with E-state index in [1.165, 1.54) is 16.9 Å². The van der Waals surface area contributed by atoms with Gasteiger partial charge in [0.05, 0.1) is 18.0 Å². The van der Waals surface area contributed by atoms with Gasteiger partial charge < -0.3 is 10.2 Å². The highest BCUT2D eigenvalue weighted by Gasteiger charge is 2.32. The largest absolute Gasteiger partial charge is 0.353 e. The van der Waals surface area contributed by atoms with E-state index in [1.54, 1.807) is 4.57 Å². The second-order valence-corrected chi connectivity index (χ2v) is 9.41. The molecule has 0 radical (unpaired) electrons. The average molecular weight is 423 g/mol. The van der Waals surface area contributed by atoms with Crippen LogP contribution in [0.15, 0.2) is 40.5 Å². The van der Waals surface area contributed by atoms with Crippen LogP contribution in [0.5, 0.6) is 0 Å². The van der Waals surface area contributed by atoms with Crippen molar-refractivity contribution in [3.05, 3.63) is 57.2 Å². The number of carbonyl (C=O) groups excluding carboxylic acids is 1. The van der Waals surface area contributed by atoms with Gasteiger partial charge in [0.1, 0.15) is 4.70 Å². The third kappa shape index (κ3) is 3.86. The molecule has 0 bridgehead atoms. The summed E-state index contributed by atoms with van der Waals surface area (Å²) in [6.45, 7) is 3.95. The van der Waals surface area contributed by atoms with E-state index in [0.717, 1.165) is 43.3 Å². The summed E-state index contributed by atoms with van der Waals surface area (Å²) in [5.41, 5.74) is 3.00. The van der Waals surface area contributed by atoms with E-state index in [1.807, 2.05) is 11.4 Å². The molecule has 2 aliphatic rings. The number of benzene rings is 1. The van der Waals surface area contributed by atoms with Gasteiger partial charge in [0.25, 0.3) is 5.56 Å². The van der Waals surface area contributed by atoms with E-state index in [-0.39, 0.29) is 17.4 Å². The number of aryl methyl sites for hydroxylation is 1. The third-order valence-corrected chi connectivity index (χ3v) is 6.90. The van der Waals surface area contributed by atoms with Crippen molar-refractivity contribution in [3.63, 3.8) is 0 Å². The number of anilines is 1. The van der Waals surface area contributed by atoms with Crippen LogP contribution in [0.1, 0.15) is 36.8 Å². The number of piperidine rings is 1. The number of fused-ring (bicyclic) bond motifs is 1. The smallest absolute Gasteiger partial charge is 0.273 e. The molecule has 3 heterocycles. The molecule has 0 unspecified atom stereocenters. The predicted molar refractivity (Wildman–Crippen MR) is 120 cm³/mol. The Hall–Kier alpha value is -2.67. The molecular formula is C23H26N4O2S. The van der Waals surface area contributed by atoms with Crippen LogP contribution in [0.3, 0.4) is 0 Å². The first-order chi connectivity index (χ1) is 14.6. The molecule has 1 saturated carbocycles. The standard InChI is InChI=1S/C23H26N4O2S/c1-15-4-6-16(7-5-15)13-27-22(29)20-19(10-12-30-20)25-23(27)26-11-2-3-17(14-26)21(28)24-18-8-9-18/h4-7,10,12,17-18H,2-3,8-9,11,13-14H2,1H3,(H,24,28)/t17-/m0/s1. The summed E-state index contributed by atoms with van der Waals surface area (Å²) in [6, 6.07) is 10.5. The molecule has 5 rings (SSSR count). The van der Waals surface area contributed by atoms with Crippen molar-refractivity contribution < 1.29 is 4.79 Å². The van der Waals surface area contributed by atoms with Crippen LogP contribution in [0.25, 0.3) is 10.2 Å². The molecule has 7 heteroatoms. The van der Waals surface area contributed by atoms with E-state index in [2.05, 4.69) is 41.4 Å². The maximum atomic E-state index is 13.3. The van der Waals surface area contributed by atoms with Gasteiger partial charge in [-0.1, -0.05) is 29.8 Å². The SMILES string of the molecule is Cc1ccc(Cn2c(N3CCC[C@H](C(=O)NC4CC4)C3)nc3ccsc3c2=O)cc1. The fourth-order valence-corrected chi connectivity index (χ4v) is 4.89. The van der Waals surface area contributed by atoms with Crippen LogP contribution >= 0.6 is 11.3 Å². The number of thiophene rings is 1. The molecule has 1 saturated heterocycles. The Labute approximate surface area is 179 Å². The number of carbonyl (C=O) groups is 1. The first kappa shape index (κ1) is 19.3. The Morgan fingerprint density at radius 1 is 1.20 bits per heavy atom. The van der Waals surface area contributed by atoms with E-state index in [4.69, 9.17) is 4.98 Å². The predicted octanol–water partition coefficient (Wildman–Crippen LogP) is 3.31. The minimum Gasteiger partial charge on any atom is -0.353 e. The molecule has 3 aromatic rings. The topological polar surface area (TPSA) is 67.2 Å². The molecule has 2 aromatic heterocycles. The molecule has 6 nitrogen and oxygen atoms in total. The molecule has 1 atom stereocenters. The zero-order chi connectivity index (χ0) is 20.7. The first-order valence-corrected chi connectivity index (χ1v) is 11.6. The van der Waals surface area contributed by atoms with Gasteiger partial charge in [0.15, 0.2) is 0 Å². The van der Waals surface area contributed by atoms with Crippen molar-refractivity contribution in [1.29, 1.82) is 0 Å². The minimum absolute atomic E-state index is 0.00451. The van der Waals surface area contributed by atoms with Gasteiger partial charge in [-0.05, 0) is 49.6 Å². The summed E-state index contributed by atoms with van der Waals surface area (Å²) >= 11 is 1.44. The van der Waals surface area contributed by atoms with Crippen LogP contribution in [-0.2, 0) is 11.3 Å². The zero-order valence-electron chi connectivity index (χ0n) is 17.1. The summed E-state index contributed by atoms with van der Waals surface area (Å²) in [5.74, 6) is 0.767. The molecule has 1 aliphatic heterocycles.